The van der Waals surface area contributed by atoms with Crippen molar-refractivity contribution in [2.45, 2.75) is 45.1 Å². The Bertz CT molecular complexity index is 326. The fraction of sp³-hybridized carbons (Fsp3) is 0.857. The molecule has 20 heavy (non-hydrogen) atoms. The largest absolute Gasteiger partial charge is 0.480 e. The zero-order chi connectivity index (χ0) is 15.0. The van der Waals surface area contributed by atoms with Crippen LogP contribution in [0.15, 0.2) is 0 Å². The van der Waals surface area contributed by atoms with Crippen molar-refractivity contribution in [1.82, 2.24) is 10.6 Å². The van der Waals surface area contributed by atoms with Crippen molar-refractivity contribution in [1.29, 1.82) is 0 Å². The average molecular weight is 302 g/mol. The van der Waals surface area contributed by atoms with E-state index in [2.05, 4.69) is 17.6 Å². The van der Waals surface area contributed by atoms with E-state index in [9.17, 15) is 9.59 Å². The Balaban J connectivity index is 2.28. The van der Waals surface area contributed by atoms with E-state index in [-0.39, 0.29) is 6.03 Å². The molecule has 0 aliphatic heterocycles. The maximum Gasteiger partial charge on any atom is 0.326 e. The maximum absolute atomic E-state index is 11.8. The van der Waals surface area contributed by atoms with Crippen LogP contribution in [0.2, 0.25) is 0 Å². The number of amides is 2. The molecule has 0 heterocycles. The fourth-order valence-electron chi connectivity index (χ4n) is 2.68. The first kappa shape index (κ1) is 17.1. The van der Waals surface area contributed by atoms with Crippen LogP contribution in [0.4, 0.5) is 4.79 Å². The number of carbonyl (C=O) groups excluding carboxylic acids is 1. The third-order valence-corrected chi connectivity index (χ3v) is 4.45. The second-order valence-corrected chi connectivity index (χ2v) is 6.65. The number of nitrogens with one attached hydrogen (secondary N) is 2. The van der Waals surface area contributed by atoms with Crippen LogP contribution in [0.5, 0.6) is 0 Å². The van der Waals surface area contributed by atoms with Crippen molar-refractivity contribution in [3.8, 4) is 0 Å². The van der Waals surface area contributed by atoms with Crippen molar-refractivity contribution in [3.05, 3.63) is 0 Å². The van der Waals surface area contributed by atoms with Gasteiger partial charge in [0.2, 0.25) is 0 Å². The van der Waals surface area contributed by atoms with E-state index >= 15 is 0 Å². The zero-order valence-corrected chi connectivity index (χ0v) is 13.2. The molecule has 0 spiro atoms. The van der Waals surface area contributed by atoms with Gasteiger partial charge >= 0.3 is 12.0 Å². The van der Waals surface area contributed by atoms with Crippen LogP contribution in [0.3, 0.4) is 0 Å². The van der Waals surface area contributed by atoms with Crippen molar-refractivity contribution in [2.24, 2.45) is 11.8 Å². The molecular weight excluding hydrogens is 276 g/mol. The number of aliphatic carboxylic acids is 1. The first-order valence-corrected chi connectivity index (χ1v) is 8.68. The van der Waals surface area contributed by atoms with Gasteiger partial charge in [0.1, 0.15) is 6.04 Å². The van der Waals surface area contributed by atoms with Crippen LogP contribution in [-0.2, 0) is 4.79 Å². The van der Waals surface area contributed by atoms with Gasteiger partial charge in [-0.2, -0.15) is 11.8 Å². The minimum Gasteiger partial charge on any atom is -0.480 e. The highest BCUT2D eigenvalue weighted by atomic mass is 32.2. The van der Waals surface area contributed by atoms with E-state index in [4.69, 9.17) is 5.11 Å². The SMILES string of the molecule is CSCC[C@@H](NC(=O)NCC1CCCC(C)C1)C(=O)O. The Morgan fingerprint density at radius 2 is 2.15 bits per heavy atom. The summed E-state index contributed by atoms with van der Waals surface area (Å²) >= 11 is 1.58. The Morgan fingerprint density at radius 1 is 1.40 bits per heavy atom. The van der Waals surface area contributed by atoms with Crippen LogP contribution in [-0.4, -0.2) is 41.7 Å². The maximum atomic E-state index is 11.8. The van der Waals surface area contributed by atoms with Crippen molar-refractivity contribution in [3.63, 3.8) is 0 Å². The lowest BCUT2D eigenvalue weighted by atomic mass is 9.82. The van der Waals surface area contributed by atoms with Crippen LogP contribution >= 0.6 is 11.8 Å². The van der Waals surface area contributed by atoms with E-state index in [1.807, 2.05) is 6.26 Å². The molecule has 6 heteroatoms. The summed E-state index contributed by atoms with van der Waals surface area (Å²) in [5.41, 5.74) is 0. The molecule has 1 saturated carbocycles. The first-order chi connectivity index (χ1) is 9.52. The number of rotatable bonds is 7. The predicted molar refractivity (Wildman–Crippen MR) is 82.1 cm³/mol. The Hall–Kier alpha value is -0.910. The molecule has 1 aliphatic rings. The molecule has 0 aromatic carbocycles. The highest BCUT2D eigenvalue weighted by molar-refractivity contribution is 7.98. The van der Waals surface area contributed by atoms with Gasteiger partial charge in [0, 0.05) is 6.54 Å². The number of carboxylic acid groups (broad SMARTS) is 1. The molecule has 1 rings (SSSR count). The molecule has 2 amide bonds. The van der Waals surface area contributed by atoms with Gasteiger partial charge < -0.3 is 15.7 Å². The van der Waals surface area contributed by atoms with Gasteiger partial charge in [-0.25, -0.2) is 9.59 Å². The minimum absolute atomic E-state index is 0.364. The van der Waals surface area contributed by atoms with Gasteiger partial charge in [0.25, 0.3) is 0 Å². The second-order valence-electron chi connectivity index (χ2n) is 5.66. The summed E-state index contributed by atoms with van der Waals surface area (Å²) in [7, 11) is 0. The molecule has 3 N–H and O–H groups in total. The number of carboxylic acids is 1. The van der Waals surface area contributed by atoms with E-state index in [0.717, 1.165) is 24.5 Å². The Morgan fingerprint density at radius 3 is 2.75 bits per heavy atom. The molecule has 0 bridgehead atoms. The summed E-state index contributed by atoms with van der Waals surface area (Å²) in [6.45, 7) is 2.89. The van der Waals surface area contributed by atoms with Gasteiger partial charge in [-0.1, -0.05) is 19.8 Å². The molecule has 3 atom stereocenters. The lowest BCUT2D eigenvalue weighted by Gasteiger charge is -2.27. The third-order valence-electron chi connectivity index (χ3n) is 3.81. The van der Waals surface area contributed by atoms with Crippen LogP contribution < -0.4 is 10.6 Å². The first-order valence-electron chi connectivity index (χ1n) is 7.29. The van der Waals surface area contributed by atoms with E-state index < -0.39 is 12.0 Å². The molecule has 116 valence electrons. The number of carbonyl (C=O) groups is 2. The summed E-state index contributed by atoms with van der Waals surface area (Å²) in [6.07, 6.45) is 7.17. The third kappa shape index (κ3) is 6.50. The summed E-state index contributed by atoms with van der Waals surface area (Å²) in [6, 6.07) is -1.16. The van der Waals surface area contributed by atoms with Crippen LogP contribution in [0, 0.1) is 11.8 Å². The highest BCUT2D eigenvalue weighted by Crippen LogP contribution is 2.27. The molecule has 0 aromatic rings. The lowest BCUT2D eigenvalue weighted by molar-refractivity contribution is -0.139. The van der Waals surface area contributed by atoms with Gasteiger partial charge in [-0.3, -0.25) is 0 Å². The lowest BCUT2D eigenvalue weighted by Crippen LogP contribution is -2.47. The zero-order valence-electron chi connectivity index (χ0n) is 12.4. The topological polar surface area (TPSA) is 78.4 Å². The summed E-state index contributed by atoms with van der Waals surface area (Å²) in [5.74, 6) is 1.00. The molecule has 5 nitrogen and oxygen atoms in total. The van der Waals surface area contributed by atoms with E-state index in [0.29, 0.717) is 18.9 Å². The monoisotopic (exact) mass is 302 g/mol. The number of hydrogen-bond acceptors (Lipinski definition) is 3. The summed E-state index contributed by atoms with van der Waals surface area (Å²) in [5, 5.41) is 14.4. The van der Waals surface area contributed by atoms with Gasteiger partial charge in [0.15, 0.2) is 0 Å². The predicted octanol–water partition coefficient (Wildman–Crippen LogP) is 2.32. The van der Waals surface area contributed by atoms with E-state index in [1.165, 1.54) is 12.8 Å². The average Bonchev–Trinajstić information content (AvgIpc) is 2.41. The van der Waals surface area contributed by atoms with Crippen molar-refractivity contribution < 1.29 is 14.7 Å². The standard InChI is InChI=1S/C14H26N2O3S/c1-10-4-3-5-11(8-10)9-15-14(19)16-12(13(17)18)6-7-20-2/h10-12H,3-9H2,1-2H3,(H,17,18)(H2,15,16,19)/t10?,11?,12-/m1/s1. The van der Waals surface area contributed by atoms with E-state index in [1.54, 1.807) is 11.8 Å². The fourth-order valence-corrected chi connectivity index (χ4v) is 3.16. The van der Waals surface area contributed by atoms with Crippen molar-refractivity contribution >= 4 is 23.8 Å². The number of thioether (sulfide) groups is 1. The highest BCUT2D eigenvalue weighted by Gasteiger charge is 2.22. The van der Waals surface area contributed by atoms with Crippen LogP contribution in [0.25, 0.3) is 0 Å². The molecule has 2 unspecified atom stereocenters. The summed E-state index contributed by atoms with van der Waals surface area (Å²) < 4.78 is 0. The normalized spacial score (nSPS) is 23.9. The number of hydrogen-bond donors (Lipinski definition) is 3. The second kappa shape index (κ2) is 9.10. The minimum atomic E-state index is -0.972. The molecular formula is C14H26N2O3S. The molecule has 0 aromatic heterocycles. The van der Waals surface area contributed by atoms with Crippen molar-refractivity contribution in [2.75, 3.05) is 18.6 Å². The Kier molecular flexibility index (Phi) is 7.80. The molecule has 0 saturated heterocycles. The van der Waals surface area contributed by atoms with Gasteiger partial charge in [-0.05, 0) is 43.1 Å². The van der Waals surface area contributed by atoms with Crippen LogP contribution in [0.1, 0.15) is 39.0 Å². The number of urea groups is 1. The Labute approximate surface area is 125 Å². The quantitative estimate of drug-likeness (QED) is 0.674. The molecule has 1 fully saturated rings. The van der Waals surface area contributed by atoms with Gasteiger partial charge in [-0.15, -0.1) is 0 Å². The molecule has 1 aliphatic carbocycles. The summed E-state index contributed by atoms with van der Waals surface area (Å²) in [4.78, 5) is 22.8. The smallest absolute Gasteiger partial charge is 0.326 e. The van der Waals surface area contributed by atoms with Gasteiger partial charge in [0.05, 0.1) is 0 Å². The molecule has 0 radical (unpaired) electrons.